The zero-order valence-electron chi connectivity index (χ0n) is 11.9. The van der Waals surface area contributed by atoms with Crippen LogP contribution in [-0.4, -0.2) is 73.0 Å². The van der Waals surface area contributed by atoms with Gasteiger partial charge < -0.3 is 9.80 Å². The van der Waals surface area contributed by atoms with Gasteiger partial charge in [0.25, 0.3) is 0 Å². The summed E-state index contributed by atoms with van der Waals surface area (Å²) < 4.78 is 0. The van der Waals surface area contributed by atoms with Gasteiger partial charge in [-0.2, -0.15) is 0 Å². The fourth-order valence-electron chi connectivity index (χ4n) is 2.89. The highest BCUT2D eigenvalue weighted by Gasteiger charge is 2.26. The number of hydrogen-bond donors (Lipinski definition) is 0. The number of likely N-dealkylation sites (tertiary alicyclic amines) is 2. The number of hydrogen-bond acceptors (Lipinski definition) is 3. The second kappa shape index (κ2) is 6.53. The Labute approximate surface area is 111 Å². The van der Waals surface area contributed by atoms with E-state index in [9.17, 15) is 4.79 Å². The summed E-state index contributed by atoms with van der Waals surface area (Å²) in [5.41, 5.74) is 0. The van der Waals surface area contributed by atoms with Crippen molar-refractivity contribution in [2.75, 3.05) is 46.3 Å². The average molecular weight is 253 g/mol. The van der Waals surface area contributed by atoms with Crippen LogP contribution in [0.15, 0.2) is 0 Å². The summed E-state index contributed by atoms with van der Waals surface area (Å²) in [4.78, 5) is 19.0. The normalized spacial score (nSPS) is 22.9. The highest BCUT2D eigenvalue weighted by atomic mass is 16.2. The first-order valence-electron chi connectivity index (χ1n) is 7.40. The molecule has 0 aromatic carbocycles. The molecule has 0 aromatic heterocycles. The van der Waals surface area contributed by atoms with Crippen LogP contribution in [0.4, 0.5) is 0 Å². The summed E-state index contributed by atoms with van der Waals surface area (Å²) in [5.74, 6) is 0.316. The lowest BCUT2D eigenvalue weighted by Crippen LogP contribution is -2.46. The van der Waals surface area contributed by atoms with E-state index in [1.807, 2.05) is 11.8 Å². The molecule has 2 saturated heterocycles. The lowest BCUT2D eigenvalue weighted by Gasteiger charge is -2.29. The molecule has 0 saturated carbocycles. The molecule has 1 atom stereocenters. The van der Waals surface area contributed by atoms with Gasteiger partial charge in [0.1, 0.15) is 0 Å². The molecule has 1 amide bonds. The topological polar surface area (TPSA) is 26.8 Å². The Kier molecular flexibility index (Phi) is 5.01. The molecular weight excluding hydrogens is 226 g/mol. The quantitative estimate of drug-likeness (QED) is 0.732. The van der Waals surface area contributed by atoms with Gasteiger partial charge in [-0.05, 0) is 52.7 Å². The van der Waals surface area contributed by atoms with Crippen LogP contribution in [0.25, 0.3) is 0 Å². The molecule has 104 valence electrons. The van der Waals surface area contributed by atoms with Gasteiger partial charge >= 0.3 is 0 Å². The van der Waals surface area contributed by atoms with Crippen molar-refractivity contribution in [3.05, 3.63) is 0 Å². The molecular formula is C14H27N3O. The third kappa shape index (κ3) is 3.45. The molecule has 4 nitrogen and oxygen atoms in total. The van der Waals surface area contributed by atoms with Gasteiger partial charge in [0.15, 0.2) is 0 Å². The standard InChI is InChI=1S/C14H27N3O/c1-13(14(18)17-9-5-6-10-17)15(2)11-12-16-7-3-4-8-16/h13H,3-12H2,1-2H3/t13-/m0/s1. The first-order chi connectivity index (χ1) is 8.68. The smallest absolute Gasteiger partial charge is 0.239 e. The molecule has 18 heavy (non-hydrogen) atoms. The van der Waals surface area contributed by atoms with E-state index in [4.69, 9.17) is 0 Å². The van der Waals surface area contributed by atoms with E-state index in [0.29, 0.717) is 5.91 Å². The Hall–Kier alpha value is -0.610. The van der Waals surface area contributed by atoms with E-state index in [1.165, 1.54) is 38.8 Å². The Morgan fingerprint density at radius 3 is 2.28 bits per heavy atom. The van der Waals surface area contributed by atoms with Gasteiger partial charge in [-0.25, -0.2) is 0 Å². The fraction of sp³-hybridized carbons (Fsp3) is 0.929. The lowest BCUT2D eigenvalue weighted by molar-refractivity contribution is -0.134. The van der Waals surface area contributed by atoms with Crippen molar-refractivity contribution >= 4 is 5.91 Å². The number of carbonyl (C=O) groups is 1. The van der Waals surface area contributed by atoms with Crippen molar-refractivity contribution in [3.8, 4) is 0 Å². The third-order valence-electron chi connectivity index (χ3n) is 4.40. The average Bonchev–Trinajstić information content (AvgIpc) is 3.06. The van der Waals surface area contributed by atoms with Crippen molar-refractivity contribution in [3.63, 3.8) is 0 Å². The van der Waals surface area contributed by atoms with Gasteiger partial charge in [-0.1, -0.05) is 0 Å². The van der Waals surface area contributed by atoms with Gasteiger partial charge in [0.2, 0.25) is 5.91 Å². The van der Waals surface area contributed by atoms with Gasteiger partial charge in [0.05, 0.1) is 6.04 Å². The van der Waals surface area contributed by atoms with Crippen LogP contribution < -0.4 is 0 Å². The Morgan fingerprint density at radius 2 is 1.67 bits per heavy atom. The van der Waals surface area contributed by atoms with Gasteiger partial charge in [-0.15, -0.1) is 0 Å². The second-order valence-corrected chi connectivity index (χ2v) is 5.74. The molecule has 2 fully saturated rings. The molecule has 2 rings (SSSR count). The van der Waals surface area contributed by atoms with Gasteiger partial charge in [0, 0.05) is 26.2 Å². The molecule has 0 aliphatic carbocycles. The van der Waals surface area contributed by atoms with E-state index in [2.05, 4.69) is 16.8 Å². The van der Waals surface area contributed by atoms with E-state index < -0.39 is 0 Å². The zero-order valence-corrected chi connectivity index (χ0v) is 11.9. The monoisotopic (exact) mass is 253 g/mol. The molecule has 2 heterocycles. The molecule has 4 heteroatoms. The van der Waals surface area contributed by atoms with Gasteiger partial charge in [-0.3, -0.25) is 9.69 Å². The summed E-state index contributed by atoms with van der Waals surface area (Å²) in [6.45, 7) is 8.55. The van der Waals surface area contributed by atoms with E-state index in [-0.39, 0.29) is 6.04 Å². The summed E-state index contributed by atoms with van der Waals surface area (Å²) in [6, 6.07) is 0.0331. The number of carbonyl (C=O) groups excluding carboxylic acids is 1. The maximum atomic E-state index is 12.3. The molecule has 0 unspecified atom stereocenters. The molecule has 0 N–H and O–H groups in total. The maximum Gasteiger partial charge on any atom is 0.239 e. The Balaban J connectivity index is 1.72. The Bertz CT molecular complexity index is 270. The third-order valence-corrected chi connectivity index (χ3v) is 4.40. The van der Waals surface area contributed by atoms with Crippen LogP contribution in [0.5, 0.6) is 0 Å². The first-order valence-corrected chi connectivity index (χ1v) is 7.40. The maximum absolute atomic E-state index is 12.3. The number of rotatable bonds is 5. The first kappa shape index (κ1) is 13.8. The van der Waals surface area contributed by atoms with Crippen LogP contribution >= 0.6 is 0 Å². The van der Waals surface area contributed by atoms with Crippen LogP contribution in [-0.2, 0) is 4.79 Å². The number of nitrogens with zero attached hydrogens (tertiary/aromatic N) is 3. The second-order valence-electron chi connectivity index (χ2n) is 5.74. The Morgan fingerprint density at radius 1 is 1.11 bits per heavy atom. The van der Waals surface area contributed by atoms with E-state index >= 15 is 0 Å². The van der Waals surface area contributed by atoms with E-state index in [1.54, 1.807) is 0 Å². The summed E-state index contributed by atoms with van der Waals surface area (Å²) in [6.07, 6.45) is 5.03. The molecule has 0 spiro atoms. The highest BCUT2D eigenvalue weighted by molar-refractivity contribution is 5.81. The van der Waals surface area contributed by atoms with Crippen LogP contribution in [0.2, 0.25) is 0 Å². The molecule has 0 radical (unpaired) electrons. The molecule has 2 aliphatic rings. The highest BCUT2D eigenvalue weighted by Crippen LogP contribution is 2.12. The molecule has 0 aromatic rings. The number of amides is 1. The summed E-state index contributed by atoms with van der Waals surface area (Å²) >= 11 is 0. The lowest BCUT2D eigenvalue weighted by atomic mass is 10.2. The van der Waals surface area contributed by atoms with Crippen LogP contribution in [0.1, 0.15) is 32.6 Å². The zero-order chi connectivity index (χ0) is 13.0. The fourth-order valence-corrected chi connectivity index (χ4v) is 2.89. The van der Waals surface area contributed by atoms with Crippen molar-refractivity contribution < 1.29 is 4.79 Å². The van der Waals surface area contributed by atoms with E-state index in [0.717, 1.165) is 26.2 Å². The minimum atomic E-state index is 0.0331. The van der Waals surface area contributed by atoms with Crippen molar-refractivity contribution in [1.82, 2.24) is 14.7 Å². The van der Waals surface area contributed by atoms with Crippen molar-refractivity contribution in [1.29, 1.82) is 0 Å². The van der Waals surface area contributed by atoms with Crippen LogP contribution in [0.3, 0.4) is 0 Å². The minimum Gasteiger partial charge on any atom is -0.341 e. The molecule has 0 bridgehead atoms. The SMILES string of the molecule is C[C@@H](C(=O)N1CCCC1)N(C)CCN1CCCC1. The van der Waals surface area contributed by atoms with Crippen molar-refractivity contribution in [2.45, 2.75) is 38.6 Å². The molecule has 2 aliphatic heterocycles. The summed E-state index contributed by atoms with van der Waals surface area (Å²) in [7, 11) is 2.08. The van der Waals surface area contributed by atoms with Crippen molar-refractivity contribution in [2.24, 2.45) is 0 Å². The predicted octanol–water partition coefficient (Wildman–Crippen LogP) is 1.02. The number of likely N-dealkylation sites (N-methyl/N-ethyl adjacent to an activating group) is 1. The summed E-state index contributed by atoms with van der Waals surface area (Å²) in [5, 5.41) is 0. The predicted molar refractivity (Wildman–Crippen MR) is 73.6 cm³/mol. The largest absolute Gasteiger partial charge is 0.341 e. The minimum absolute atomic E-state index is 0.0331. The van der Waals surface area contributed by atoms with Crippen LogP contribution in [0, 0.1) is 0 Å².